The Bertz CT molecular complexity index is 801. The number of aryl methyl sites for hydroxylation is 1. The zero-order valence-corrected chi connectivity index (χ0v) is 13.6. The molecule has 0 unspecified atom stereocenters. The van der Waals surface area contributed by atoms with Gasteiger partial charge in [-0.05, 0) is 25.1 Å². The molecule has 1 aromatic carbocycles. The quantitative estimate of drug-likeness (QED) is 0.865. The third kappa shape index (κ3) is 3.40. The zero-order chi connectivity index (χ0) is 16.3. The van der Waals surface area contributed by atoms with Crippen molar-refractivity contribution < 1.29 is 13.2 Å². The number of nitrogens with one attached hydrogen (secondary N) is 2. The molecule has 7 nitrogen and oxygen atoms in total. The average Bonchev–Trinajstić information content (AvgIpc) is 2.98. The van der Waals surface area contributed by atoms with Gasteiger partial charge in [0.2, 0.25) is 0 Å². The maximum Gasteiger partial charge on any atom is 0.265 e. The second kappa shape index (κ2) is 6.37. The van der Waals surface area contributed by atoms with Crippen LogP contribution in [-0.2, 0) is 16.6 Å². The molecule has 1 amide bonds. The molecule has 22 heavy (non-hydrogen) atoms. The van der Waals surface area contributed by atoms with Gasteiger partial charge in [0, 0.05) is 24.8 Å². The SMILES string of the molecule is CCn1cc(S(=O)(=O)Nc2ccc(Cl)cc2C(=O)NC)cn1. The molecule has 0 aliphatic carbocycles. The first-order valence-electron chi connectivity index (χ1n) is 6.44. The molecular weight excluding hydrogens is 328 g/mol. The second-order valence-corrected chi connectivity index (χ2v) is 6.53. The maximum absolute atomic E-state index is 12.3. The van der Waals surface area contributed by atoms with Gasteiger partial charge in [-0.25, -0.2) is 8.42 Å². The van der Waals surface area contributed by atoms with E-state index in [1.54, 1.807) is 0 Å². The van der Waals surface area contributed by atoms with Gasteiger partial charge in [-0.1, -0.05) is 11.6 Å². The Morgan fingerprint density at radius 1 is 1.41 bits per heavy atom. The van der Waals surface area contributed by atoms with Crippen molar-refractivity contribution in [2.45, 2.75) is 18.4 Å². The zero-order valence-electron chi connectivity index (χ0n) is 12.0. The summed E-state index contributed by atoms with van der Waals surface area (Å²) in [5, 5.41) is 6.70. The second-order valence-electron chi connectivity index (χ2n) is 4.41. The molecule has 2 N–H and O–H groups in total. The minimum Gasteiger partial charge on any atom is -0.355 e. The van der Waals surface area contributed by atoms with E-state index in [-0.39, 0.29) is 16.1 Å². The lowest BCUT2D eigenvalue weighted by atomic mass is 10.2. The van der Waals surface area contributed by atoms with E-state index in [1.165, 1.54) is 42.3 Å². The normalized spacial score (nSPS) is 11.2. The minimum absolute atomic E-state index is 0.0205. The number of hydrogen-bond acceptors (Lipinski definition) is 4. The average molecular weight is 343 g/mol. The molecule has 2 rings (SSSR count). The first-order chi connectivity index (χ1) is 10.4. The van der Waals surface area contributed by atoms with Gasteiger partial charge in [-0.2, -0.15) is 5.10 Å². The largest absolute Gasteiger partial charge is 0.355 e. The number of nitrogens with zero attached hydrogens (tertiary/aromatic N) is 2. The van der Waals surface area contributed by atoms with E-state index in [0.29, 0.717) is 11.6 Å². The Morgan fingerprint density at radius 3 is 2.73 bits per heavy atom. The van der Waals surface area contributed by atoms with E-state index in [2.05, 4.69) is 15.1 Å². The topological polar surface area (TPSA) is 93.1 Å². The highest BCUT2D eigenvalue weighted by Gasteiger charge is 2.20. The minimum atomic E-state index is -3.84. The first kappa shape index (κ1) is 16.3. The molecule has 0 saturated carbocycles. The Labute approximate surface area is 133 Å². The van der Waals surface area contributed by atoms with Gasteiger partial charge >= 0.3 is 0 Å². The number of sulfonamides is 1. The lowest BCUT2D eigenvalue weighted by Crippen LogP contribution is -2.21. The van der Waals surface area contributed by atoms with Crippen LogP contribution in [0.1, 0.15) is 17.3 Å². The predicted octanol–water partition coefficient (Wildman–Crippen LogP) is 1.72. The van der Waals surface area contributed by atoms with Crippen molar-refractivity contribution in [1.29, 1.82) is 0 Å². The molecule has 0 saturated heterocycles. The molecule has 2 aromatic rings. The van der Waals surface area contributed by atoms with Gasteiger partial charge in [-0.3, -0.25) is 14.2 Å². The Balaban J connectivity index is 2.39. The van der Waals surface area contributed by atoms with Crippen LogP contribution in [0.4, 0.5) is 5.69 Å². The van der Waals surface area contributed by atoms with Gasteiger partial charge in [0.1, 0.15) is 4.90 Å². The van der Waals surface area contributed by atoms with Crippen molar-refractivity contribution in [1.82, 2.24) is 15.1 Å². The number of aromatic nitrogens is 2. The van der Waals surface area contributed by atoms with Gasteiger partial charge in [0.15, 0.2) is 0 Å². The van der Waals surface area contributed by atoms with Crippen LogP contribution in [0, 0.1) is 0 Å². The number of rotatable bonds is 5. The fraction of sp³-hybridized carbons (Fsp3) is 0.231. The lowest BCUT2D eigenvalue weighted by molar-refractivity contribution is 0.0964. The Hall–Kier alpha value is -2.06. The van der Waals surface area contributed by atoms with Crippen molar-refractivity contribution in [3.63, 3.8) is 0 Å². The van der Waals surface area contributed by atoms with Crippen LogP contribution < -0.4 is 10.0 Å². The van der Waals surface area contributed by atoms with E-state index in [1.807, 2.05) is 6.92 Å². The van der Waals surface area contributed by atoms with E-state index >= 15 is 0 Å². The molecule has 0 bridgehead atoms. The summed E-state index contributed by atoms with van der Waals surface area (Å²) < 4.78 is 28.6. The monoisotopic (exact) mass is 342 g/mol. The summed E-state index contributed by atoms with van der Waals surface area (Å²) in [6.07, 6.45) is 2.67. The Morgan fingerprint density at radius 2 is 2.14 bits per heavy atom. The van der Waals surface area contributed by atoms with Gasteiger partial charge in [0.25, 0.3) is 15.9 Å². The summed E-state index contributed by atoms with van der Waals surface area (Å²) in [6, 6.07) is 4.34. The Kier molecular flexibility index (Phi) is 4.72. The fourth-order valence-electron chi connectivity index (χ4n) is 1.79. The molecule has 0 atom stereocenters. The lowest BCUT2D eigenvalue weighted by Gasteiger charge is -2.11. The summed E-state index contributed by atoms with van der Waals surface area (Å²) in [6.45, 7) is 2.40. The van der Waals surface area contributed by atoms with Crippen molar-refractivity contribution in [2.75, 3.05) is 11.8 Å². The third-order valence-electron chi connectivity index (χ3n) is 2.94. The van der Waals surface area contributed by atoms with Crippen LogP contribution in [0.25, 0.3) is 0 Å². The number of anilines is 1. The molecule has 0 fully saturated rings. The number of benzene rings is 1. The summed E-state index contributed by atoms with van der Waals surface area (Å²) >= 11 is 5.86. The van der Waals surface area contributed by atoms with Crippen LogP contribution in [0.5, 0.6) is 0 Å². The fourth-order valence-corrected chi connectivity index (χ4v) is 2.99. The van der Waals surface area contributed by atoms with E-state index < -0.39 is 15.9 Å². The summed E-state index contributed by atoms with van der Waals surface area (Å²) in [7, 11) is -2.38. The highest BCUT2D eigenvalue weighted by atomic mass is 35.5. The van der Waals surface area contributed by atoms with Crippen LogP contribution in [0.2, 0.25) is 5.02 Å². The van der Waals surface area contributed by atoms with Crippen molar-refractivity contribution in [3.05, 3.63) is 41.2 Å². The van der Waals surface area contributed by atoms with Crippen LogP contribution in [0.3, 0.4) is 0 Å². The number of hydrogen-bond donors (Lipinski definition) is 2. The highest BCUT2D eigenvalue weighted by molar-refractivity contribution is 7.92. The van der Waals surface area contributed by atoms with Crippen LogP contribution in [0.15, 0.2) is 35.5 Å². The molecule has 0 aliphatic heterocycles. The molecule has 1 aromatic heterocycles. The molecule has 1 heterocycles. The molecule has 9 heteroatoms. The highest BCUT2D eigenvalue weighted by Crippen LogP contribution is 2.23. The molecular formula is C13H15ClN4O3S. The smallest absolute Gasteiger partial charge is 0.265 e. The van der Waals surface area contributed by atoms with E-state index in [9.17, 15) is 13.2 Å². The van der Waals surface area contributed by atoms with Crippen molar-refractivity contribution in [2.24, 2.45) is 0 Å². The number of carbonyl (C=O) groups is 1. The van der Waals surface area contributed by atoms with E-state index in [0.717, 1.165) is 0 Å². The van der Waals surface area contributed by atoms with Gasteiger partial charge in [-0.15, -0.1) is 0 Å². The van der Waals surface area contributed by atoms with Crippen molar-refractivity contribution >= 4 is 33.2 Å². The van der Waals surface area contributed by atoms with Gasteiger partial charge in [0.05, 0.1) is 17.4 Å². The van der Waals surface area contributed by atoms with E-state index in [4.69, 9.17) is 11.6 Å². The molecule has 0 aliphatic rings. The molecule has 0 spiro atoms. The standard InChI is InChI=1S/C13H15ClN4O3S/c1-3-18-8-10(7-16-18)22(20,21)17-12-5-4-9(14)6-11(12)13(19)15-2/h4-8,17H,3H2,1-2H3,(H,15,19). The number of amides is 1. The summed E-state index contributed by atoms with van der Waals surface area (Å²) in [5.74, 6) is -0.440. The van der Waals surface area contributed by atoms with Gasteiger partial charge < -0.3 is 5.32 Å². The summed E-state index contributed by atoms with van der Waals surface area (Å²) in [4.78, 5) is 11.9. The number of carbonyl (C=O) groups excluding carboxylic acids is 1. The molecule has 118 valence electrons. The van der Waals surface area contributed by atoms with Crippen molar-refractivity contribution in [3.8, 4) is 0 Å². The van der Waals surface area contributed by atoms with Crippen LogP contribution >= 0.6 is 11.6 Å². The van der Waals surface area contributed by atoms with Crippen LogP contribution in [-0.4, -0.2) is 31.2 Å². The first-order valence-corrected chi connectivity index (χ1v) is 8.30. The molecule has 0 radical (unpaired) electrons. The maximum atomic E-state index is 12.3. The number of halogens is 1. The predicted molar refractivity (Wildman–Crippen MR) is 83.6 cm³/mol. The third-order valence-corrected chi connectivity index (χ3v) is 4.50. The summed E-state index contributed by atoms with van der Waals surface area (Å²) in [5.41, 5.74) is 0.287.